The van der Waals surface area contributed by atoms with Gasteiger partial charge in [-0.15, -0.1) is 17.9 Å². The van der Waals surface area contributed by atoms with E-state index in [1.165, 1.54) is 0 Å². The molecule has 5 nitrogen and oxygen atoms in total. The van der Waals surface area contributed by atoms with Crippen molar-refractivity contribution in [2.24, 2.45) is 0 Å². The Hall–Kier alpha value is -1.52. The van der Waals surface area contributed by atoms with Crippen LogP contribution in [0.15, 0.2) is 18.2 Å². The minimum atomic E-state index is -4.95. The molecule has 1 aromatic rings. The van der Waals surface area contributed by atoms with E-state index in [1.807, 2.05) is 0 Å². The first-order chi connectivity index (χ1) is 11.3. The van der Waals surface area contributed by atoms with E-state index < -0.39 is 52.5 Å². The van der Waals surface area contributed by atoms with Gasteiger partial charge in [0, 0.05) is 16.9 Å². The molecule has 0 spiro atoms. The number of carbonyl (C=O) groups is 1. The Morgan fingerprint density at radius 1 is 1.32 bits per heavy atom. The van der Waals surface area contributed by atoms with Crippen LogP contribution in [-0.2, 0) is 20.9 Å². The summed E-state index contributed by atoms with van der Waals surface area (Å²) in [5.41, 5.74) is -0.287. The van der Waals surface area contributed by atoms with Gasteiger partial charge >= 0.3 is 12.3 Å². The number of esters is 1. The summed E-state index contributed by atoms with van der Waals surface area (Å²) in [4.78, 5) is 11.6. The second-order valence-corrected chi connectivity index (χ2v) is 8.06. The van der Waals surface area contributed by atoms with Crippen molar-refractivity contribution >= 4 is 17.3 Å². The number of nitrogens with one attached hydrogen (secondary N) is 1. The molecule has 0 aliphatic carbocycles. The number of rotatable bonds is 6. The molecule has 2 atom stereocenters. The zero-order valence-electron chi connectivity index (χ0n) is 14.1. The van der Waals surface area contributed by atoms with Crippen LogP contribution in [0.3, 0.4) is 0 Å². The Kier molecular flexibility index (Phi) is 7.09. The van der Waals surface area contributed by atoms with Gasteiger partial charge in [0.05, 0.1) is 19.6 Å². The topological polar surface area (TPSA) is 70.6 Å². The van der Waals surface area contributed by atoms with Crippen LogP contribution < -0.4 is 9.46 Å². The molecule has 1 N–H and O–H groups in total. The number of carbonyl (C=O) groups excluding carboxylic acids is 1. The molecule has 0 fully saturated rings. The van der Waals surface area contributed by atoms with Gasteiger partial charge < -0.3 is 14.0 Å². The van der Waals surface area contributed by atoms with E-state index >= 15 is 0 Å². The summed E-state index contributed by atoms with van der Waals surface area (Å²) in [6, 6.07) is 1.23. The van der Waals surface area contributed by atoms with Crippen molar-refractivity contribution < 1.29 is 36.4 Å². The van der Waals surface area contributed by atoms with Crippen molar-refractivity contribution in [2.75, 3.05) is 7.11 Å². The average molecular weight is 385 g/mol. The largest absolute Gasteiger partial charge is 0.598 e. The number of halogens is 4. The molecule has 10 heteroatoms. The van der Waals surface area contributed by atoms with E-state index in [9.17, 15) is 26.9 Å². The van der Waals surface area contributed by atoms with E-state index in [4.69, 9.17) is 0 Å². The van der Waals surface area contributed by atoms with Gasteiger partial charge in [0.1, 0.15) is 16.3 Å². The zero-order chi connectivity index (χ0) is 19.4. The number of benzene rings is 1. The van der Waals surface area contributed by atoms with E-state index in [0.717, 1.165) is 25.3 Å². The molecule has 1 aromatic carbocycles. The lowest BCUT2D eigenvalue weighted by molar-refractivity contribution is -0.274. The summed E-state index contributed by atoms with van der Waals surface area (Å²) in [5, 5.41) is 0. The van der Waals surface area contributed by atoms with Crippen molar-refractivity contribution in [2.45, 2.75) is 44.3 Å². The number of ether oxygens (including phenoxy) is 2. The van der Waals surface area contributed by atoms with Crippen molar-refractivity contribution in [3.63, 3.8) is 0 Å². The predicted octanol–water partition coefficient (Wildman–Crippen LogP) is 3.38. The molecule has 0 aliphatic heterocycles. The summed E-state index contributed by atoms with van der Waals surface area (Å²) in [6.45, 7) is 4.93. The van der Waals surface area contributed by atoms with Gasteiger partial charge in [0.2, 0.25) is 0 Å². The first-order valence-electron chi connectivity index (χ1n) is 7.13. The summed E-state index contributed by atoms with van der Waals surface area (Å²) in [6.07, 6.45) is -5.38. The molecule has 0 amide bonds. The quantitative estimate of drug-likeness (QED) is 0.462. The van der Waals surface area contributed by atoms with Gasteiger partial charge in [0.15, 0.2) is 0 Å². The maximum Gasteiger partial charge on any atom is 0.573 e. The van der Waals surface area contributed by atoms with Crippen LogP contribution in [0.25, 0.3) is 0 Å². The van der Waals surface area contributed by atoms with E-state index in [-0.39, 0.29) is 5.56 Å². The van der Waals surface area contributed by atoms with Crippen molar-refractivity contribution in [1.82, 2.24) is 4.72 Å². The second kappa shape index (κ2) is 8.24. The lowest BCUT2D eigenvalue weighted by Crippen LogP contribution is -2.42. The van der Waals surface area contributed by atoms with Gasteiger partial charge in [-0.1, -0.05) is 0 Å². The van der Waals surface area contributed by atoms with Crippen molar-refractivity contribution in [1.29, 1.82) is 0 Å². The minimum Gasteiger partial charge on any atom is -0.598 e. The number of alkyl halides is 3. The molecule has 0 aliphatic rings. The summed E-state index contributed by atoms with van der Waals surface area (Å²) in [5.74, 6) is -2.27. The molecule has 142 valence electrons. The Labute approximate surface area is 146 Å². The smallest absolute Gasteiger partial charge is 0.573 e. The Balaban J connectivity index is 3.19. The van der Waals surface area contributed by atoms with Crippen LogP contribution in [0.2, 0.25) is 0 Å². The van der Waals surface area contributed by atoms with Crippen LogP contribution in [-0.4, -0.2) is 28.7 Å². The van der Waals surface area contributed by atoms with E-state index in [2.05, 4.69) is 14.2 Å². The van der Waals surface area contributed by atoms with E-state index in [0.29, 0.717) is 0 Å². The highest BCUT2D eigenvalue weighted by Crippen LogP contribution is 2.30. The Morgan fingerprint density at radius 2 is 1.92 bits per heavy atom. The van der Waals surface area contributed by atoms with Gasteiger partial charge in [-0.05, 0) is 39.0 Å². The first kappa shape index (κ1) is 21.5. The fourth-order valence-corrected chi connectivity index (χ4v) is 2.58. The summed E-state index contributed by atoms with van der Waals surface area (Å²) >= 11 is -1.71. The lowest BCUT2D eigenvalue weighted by atomic mass is 10.0. The standard InChI is InChI=1S/C15H19F4NO4S/c1-14(2,3)25(22)20-12(8-13(21)23-4)10-7-9(5-6-11(10)16)24-15(17,18)19/h5-7,12,20H,8H2,1-4H3/t12-,25+/m0/s1. The monoisotopic (exact) mass is 385 g/mol. The molecular formula is C15H19F4NO4S. The average Bonchev–Trinajstić information content (AvgIpc) is 2.45. The first-order valence-corrected chi connectivity index (χ1v) is 8.28. The van der Waals surface area contributed by atoms with E-state index in [1.54, 1.807) is 20.8 Å². The van der Waals surface area contributed by atoms with Gasteiger partial charge in [0.25, 0.3) is 0 Å². The fraction of sp³-hybridized carbons (Fsp3) is 0.533. The molecule has 0 aromatic heterocycles. The highest BCUT2D eigenvalue weighted by molar-refractivity contribution is 7.90. The molecule has 0 saturated heterocycles. The third kappa shape index (κ3) is 7.09. The van der Waals surface area contributed by atoms with Gasteiger partial charge in [-0.2, -0.15) is 0 Å². The molecule has 0 bridgehead atoms. The zero-order valence-corrected chi connectivity index (χ0v) is 14.9. The number of hydrogen-bond donors (Lipinski definition) is 1. The normalized spacial score (nSPS) is 14.8. The lowest BCUT2D eigenvalue weighted by Gasteiger charge is -2.28. The van der Waals surface area contributed by atoms with Crippen LogP contribution >= 0.6 is 0 Å². The minimum absolute atomic E-state index is 0.287. The van der Waals surface area contributed by atoms with Gasteiger partial charge in [-0.25, -0.2) is 4.39 Å². The maximum atomic E-state index is 14.1. The third-order valence-corrected chi connectivity index (χ3v) is 4.59. The maximum absolute atomic E-state index is 14.1. The molecule has 0 saturated carbocycles. The summed E-state index contributed by atoms with van der Waals surface area (Å²) < 4.78 is 73.5. The Morgan fingerprint density at radius 3 is 2.40 bits per heavy atom. The molecule has 0 unspecified atom stereocenters. The number of hydrogen-bond acceptors (Lipinski definition) is 5. The summed E-state index contributed by atoms with van der Waals surface area (Å²) in [7, 11) is 1.11. The SMILES string of the molecule is COC(=O)C[C@H](N[S@+]([O-])C(C)(C)C)c1cc(OC(F)(F)F)ccc1F. The van der Waals surface area contributed by atoms with Crippen LogP contribution in [0.1, 0.15) is 38.8 Å². The highest BCUT2D eigenvalue weighted by Gasteiger charge is 2.34. The van der Waals surface area contributed by atoms with Crippen LogP contribution in [0, 0.1) is 5.82 Å². The molecular weight excluding hydrogens is 366 g/mol. The Bertz CT molecular complexity index is 604. The fourth-order valence-electron chi connectivity index (χ4n) is 1.76. The van der Waals surface area contributed by atoms with Crippen LogP contribution in [0.5, 0.6) is 5.75 Å². The molecule has 0 heterocycles. The third-order valence-electron chi connectivity index (χ3n) is 2.98. The van der Waals surface area contributed by atoms with Crippen LogP contribution in [0.4, 0.5) is 17.6 Å². The molecule has 25 heavy (non-hydrogen) atoms. The molecule has 1 rings (SSSR count). The van der Waals surface area contributed by atoms with Gasteiger partial charge in [-0.3, -0.25) is 4.79 Å². The second-order valence-electron chi connectivity index (χ2n) is 6.06. The predicted molar refractivity (Wildman–Crippen MR) is 83.5 cm³/mol. The highest BCUT2D eigenvalue weighted by atomic mass is 32.2. The molecule has 0 radical (unpaired) electrons. The number of methoxy groups -OCH3 is 1. The van der Waals surface area contributed by atoms with Crippen molar-refractivity contribution in [3.8, 4) is 5.75 Å². The van der Waals surface area contributed by atoms with Crippen molar-refractivity contribution in [3.05, 3.63) is 29.6 Å².